The molecule has 0 spiro atoms. The van der Waals surface area contributed by atoms with Gasteiger partial charge in [-0.05, 0) is 25.0 Å². The molecule has 3 atom stereocenters. The first-order valence-corrected chi connectivity index (χ1v) is 10.3. The Balaban J connectivity index is 1.62. The number of carbonyl (C=O) groups is 2. The number of carbonyl (C=O) groups excluding carboxylic acids is 2. The van der Waals surface area contributed by atoms with Crippen molar-refractivity contribution in [3.63, 3.8) is 0 Å². The van der Waals surface area contributed by atoms with Gasteiger partial charge in [0, 0.05) is 28.8 Å². The highest BCUT2D eigenvalue weighted by Gasteiger charge is 2.38. The summed E-state index contributed by atoms with van der Waals surface area (Å²) in [5.74, 6) is 1.68. The summed E-state index contributed by atoms with van der Waals surface area (Å²) in [5, 5.41) is 5.84. The van der Waals surface area contributed by atoms with Gasteiger partial charge in [-0.15, -0.1) is 5.98 Å². The lowest BCUT2D eigenvalue weighted by atomic mass is 9.72. The standard InChI is InChI=1S/C24H28BN2O3/c1-5-19-15(2)20(26-24(19)29)11-12-25-13-21-22(16(3)23(28)27-21)17(4)30-14-18-9-7-6-8-10-18/h5-11,13,16-17,22H,1,12,14H2,2-4H3,(H,26,29)(H,27,28)/b20-11+,21-13+/t16-,17+,22?/m1/s1. The molecule has 0 bridgehead atoms. The average Bonchev–Trinajstić information content (AvgIpc) is 3.18. The van der Waals surface area contributed by atoms with Crippen LogP contribution in [0.3, 0.4) is 0 Å². The fraction of sp³-hybridized carbons (Fsp3) is 0.333. The van der Waals surface area contributed by atoms with E-state index in [0.717, 1.165) is 22.5 Å². The van der Waals surface area contributed by atoms with Crippen LogP contribution in [0.4, 0.5) is 0 Å². The number of benzene rings is 1. The summed E-state index contributed by atoms with van der Waals surface area (Å²) in [6.07, 6.45) is 4.07. The van der Waals surface area contributed by atoms with Crippen LogP contribution in [0.2, 0.25) is 6.32 Å². The van der Waals surface area contributed by atoms with Gasteiger partial charge in [-0.3, -0.25) is 9.59 Å². The predicted molar refractivity (Wildman–Crippen MR) is 119 cm³/mol. The SMILES string of the molecule is C=CC1=C(C)/C(=C\C[B]/C=C2/NC(=O)[C@H](C)C2[C@H](C)OCc2ccccc2)NC1=O. The topological polar surface area (TPSA) is 67.4 Å². The second-order valence-corrected chi connectivity index (χ2v) is 7.71. The van der Waals surface area contributed by atoms with Crippen molar-refractivity contribution < 1.29 is 14.3 Å². The molecule has 0 saturated carbocycles. The summed E-state index contributed by atoms with van der Waals surface area (Å²) in [7, 11) is 1.99. The van der Waals surface area contributed by atoms with Gasteiger partial charge in [-0.1, -0.05) is 62.3 Å². The molecule has 3 rings (SSSR count). The van der Waals surface area contributed by atoms with Crippen molar-refractivity contribution in [1.29, 1.82) is 0 Å². The highest BCUT2D eigenvalue weighted by molar-refractivity contribution is 6.43. The zero-order valence-corrected chi connectivity index (χ0v) is 17.8. The van der Waals surface area contributed by atoms with E-state index in [4.69, 9.17) is 4.74 Å². The fourth-order valence-electron chi connectivity index (χ4n) is 3.92. The van der Waals surface area contributed by atoms with Crippen molar-refractivity contribution in [3.8, 4) is 0 Å². The Labute approximate surface area is 179 Å². The lowest BCUT2D eigenvalue weighted by Crippen LogP contribution is -2.26. The molecule has 1 saturated heterocycles. The average molecular weight is 403 g/mol. The summed E-state index contributed by atoms with van der Waals surface area (Å²) >= 11 is 0. The number of ether oxygens (including phenoxy) is 1. The number of rotatable bonds is 8. The van der Waals surface area contributed by atoms with Gasteiger partial charge >= 0.3 is 0 Å². The third-order valence-corrected chi connectivity index (χ3v) is 5.70. The Hall–Kier alpha value is -2.86. The van der Waals surface area contributed by atoms with E-state index in [0.29, 0.717) is 18.5 Å². The molecule has 2 heterocycles. The molecule has 6 heteroatoms. The Morgan fingerprint density at radius 3 is 2.63 bits per heavy atom. The maximum absolute atomic E-state index is 12.3. The van der Waals surface area contributed by atoms with Gasteiger partial charge in [0.15, 0.2) is 0 Å². The summed E-state index contributed by atoms with van der Waals surface area (Å²) in [5.41, 5.74) is 4.31. The van der Waals surface area contributed by atoms with E-state index in [2.05, 4.69) is 17.2 Å². The predicted octanol–water partition coefficient (Wildman–Crippen LogP) is 3.45. The lowest BCUT2D eigenvalue weighted by molar-refractivity contribution is -0.123. The summed E-state index contributed by atoms with van der Waals surface area (Å²) in [4.78, 5) is 24.1. The molecule has 2 amide bonds. The Kier molecular flexibility index (Phi) is 7.11. The minimum atomic E-state index is -0.150. The van der Waals surface area contributed by atoms with E-state index in [1.807, 2.05) is 70.4 Å². The van der Waals surface area contributed by atoms with Gasteiger partial charge in [0.2, 0.25) is 5.91 Å². The van der Waals surface area contributed by atoms with Crippen LogP contribution in [0.25, 0.3) is 0 Å². The maximum atomic E-state index is 12.3. The largest absolute Gasteiger partial charge is 0.373 e. The molecule has 0 aromatic heterocycles. The maximum Gasteiger partial charge on any atom is 0.255 e. The number of hydrogen-bond donors (Lipinski definition) is 2. The third-order valence-electron chi connectivity index (χ3n) is 5.70. The molecule has 1 aromatic carbocycles. The molecular formula is C24H28BN2O3. The van der Waals surface area contributed by atoms with Crippen LogP contribution >= 0.6 is 0 Å². The lowest BCUT2D eigenvalue weighted by Gasteiger charge is -2.23. The Bertz CT molecular complexity index is 918. The van der Waals surface area contributed by atoms with Crippen molar-refractivity contribution in [2.45, 2.75) is 39.8 Å². The van der Waals surface area contributed by atoms with E-state index < -0.39 is 0 Å². The first-order chi connectivity index (χ1) is 14.4. The molecule has 1 aromatic rings. The Morgan fingerprint density at radius 2 is 1.97 bits per heavy atom. The number of allylic oxidation sites excluding steroid dienone is 2. The molecule has 1 unspecified atom stereocenters. The molecule has 155 valence electrons. The Morgan fingerprint density at radius 1 is 1.23 bits per heavy atom. The quantitative estimate of drug-likeness (QED) is 0.516. The minimum Gasteiger partial charge on any atom is -0.373 e. The van der Waals surface area contributed by atoms with E-state index in [1.165, 1.54) is 0 Å². The highest BCUT2D eigenvalue weighted by atomic mass is 16.5. The third kappa shape index (κ3) is 4.82. The van der Waals surface area contributed by atoms with E-state index >= 15 is 0 Å². The van der Waals surface area contributed by atoms with Gasteiger partial charge in [0.05, 0.1) is 12.7 Å². The van der Waals surface area contributed by atoms with Crippen LogP contribution in [0.5, 0.6) is 0 Å². The van der Waals surface area contributed by atoms with Gasteiger partial charge in [0.1, 0.15) is 7.28 Å². The smallest absolute Gasteiger partial charge is 0.255 e. The molecule has 1 radical (unpaired) electrons. The van der Waals surface area contributed by atoms with Crippen molar-refractivity contribution in [3.05, 3.63) is 83.1 Å². The minimum absolute atomic E-state index is 0.0191. The van der Waals surface area contributed by atoms with Crippen LogP contribution < -0.4 is 10.6 Å². The van der Waals surface area contributed by atoms with Gasteiger partial charge < -0.3 is 15.4 Å². The number of nitrogens with one attached hydrogen (secondary N) is 2. The molecule has 1 fully saturated rings. The van der Waals surface area contributed by atoms with Crippen LogP contribution in [0, 0.1) is 11.8 Å². The van der Waals surface area contributed by atoms with E-state index in [9.17, 15) is 9.59 Å². The van der Waals surface area contributed by atoms with Crippen molar-refractivity contribution >= 4 is 19.1 Å². The molecule has 5 nitrogen and oxygen atoms in total. The summed E-state index contributed by atoms with van der Waals surface area (Å²) in [6, 6.07) is 10.0. The first kappa shape index (κ1) is 21.8. The van der Waals surface area contributed by atoms with E-state index in [1.54, 1.807) is 6.08 Å². The molecule has 0 aliphatic carbocycles. The van der Waals surface area contributed by atoms with Crippen molar-refractivity contribution in [1.82, 2.24) is 10.6 Å². The highest BCUT2D eigenvalue weighted by Crippen LogP contribution is 2.31. The van der Waals surface area contributed by atoms with Crippen LogP contribution in [-0.2, 0) is 20.9 Å². The number of hydrogen-bond acceptors (Lipinski definition) is 3. The van der Waals surface area contributed by atoms with Crippen LogP contribution in [-0.4, -0.2) is 25.2 Å². The second kappa shape index (κ2) is 9.76. The number of amides is 2. The normalized spacial score (nSPS) is 24.9. The first-order valence-electron chi connectivity index (χ1n) is 10.3. The van der Waals surface area contributed by atoms with Crippen LogP contribution in [0.1, 0.15) is 26.3 Å². The van der Waals surface area contributed by atoms with Crippen molar-refractivity contribution in [2.24, 2.45) is 11.8 Å². The van der Waals surface area contributed by atoms with E-state index in [-0.39, 0.29) is 29.8 Å². The molecule has 2 aliphatic rings. The zero-order valence-electron chi connectivity index (χ0n) is 17.8. The summed E-state index contributed by atoms with van der Waals surface area (Å²) in [6.45, 7) is 10.0. The molecule has 2 N–H and O–H groups in total. The van der Waals surface area contributed by atoms with Crippen molar-refractivity contribution in [2.75, 3.05) is 0 Å². The van der Waals surface area contributed by atoms with Gasteiger partial charge in [0.25, 0.3) is 5.91 Å². The van der Waals surface area contributed by atoms with Gasteiger partial charge in [-0.2, -0.15) is 0 Å². The molecular weight excluding hydrogens is 375 g/mol. The monoisotopic (exact) mass is 403 g/mol. The van der Waals surface area contributed by atoms with Crippen LogP contribution in [0.15, 0.2) is 77.6 Å². The summed E-state index contributed by atoms with van der Waals surface area (Å²) < 4.78 is 6.08. The molecule has 2 aliphatic heterocycles. The molecule has 30 heavy (non-hydrogen) atoms. The van der Waals surface area contributed by atoms with Gasteiger partial charge in [-0.25, -0.2) is 0 Å². The fourth-order valence-corrected chi connectivity index (χ4v) is 3.92. The second-order valence-electron chi connectivity index (χ2n) is 7.71. The zero-order chi connectivity index (χ0) is 21.7.